The smallest absolute Gasteiger partial charge is 0.237 e. The van der Waals surface area contributed by atoms with E-state index in [2.05, 4.69) is 33.1 Å². The first-order valence-corrected chi connectivity index (χ1v) is 12.0. The van der Waals surface area contributed by atoms with E-state index in [1.54, 1.807) is 11.3 Å². The van der Waals surface area contributed by atoms with Crippen molar-refractivity contribution in [3.05, 3.63) is 35.0 Å². The summed E-state index contributed by atoms with van der Waals surface area (Å²) in [5, 5.41) is 19.1. The van der Waals surface area contributed by atoms with Gasteiger partial charge in [-0.05, 0) is 63.2 Å². The Kier molecular flexibility index (Phi) is 7.55. The molecular formula is C23H32N4O3S. The number of hydrogen-bond acceptors (Lipinski definition) is 7. The molecule has 0 radical (unpaired) electrons. The number of thiazole rings is 1. The Hall–Kier alpha value is -2.00. The molecule has 4 rings (SSSR count). The van der Waals surface area contributed by atoms with Crippen LogP contribution >= 0.6 is 11.3 Å². The van der Waals surface area contributed by atoms with E-state index in [1.165, 1.54) is 12.8 Å². The lowest BCUT2D eigenvalue weighted by Crippen LogP contribution is -2.40. The Morgan fingerprint density at radius 2 is 2.19 bits per heavy atom. The molecule has 2 saturated heterocycles. The first-order valence-electron chi connectivity index (χ1n) is 11.2. The van der Waals surface area contributed by atoms with Crippen LogP contribution in [0.25, 0.3) is 10.4 Å². The Balaban J connectivity index is 1.43. The zero-order valence-electron chi connectivity index (χ0n) is 18.0. The van der Waals surface area contributed by atoms with Gasteiger partial charge in [0.25, 0.3) is 0 Å². The normalized spacial score (nSPS) is 21.9. The van der Waals surface area contributed by atoms with Crippen molar-refractivity contribution in [2.45, 2.75) is 51.3 Å². The molecule has 7 nitrogen and oxygen atoms in total. The van der Waals surface area contributed by atoms with Gasteiger partial charge in [-0.1, -0.05) is 12.1 Å². The molecule has 0 bridgehead atoms. The van der Waals surface area contributed by atoms with E-state index in [-0.39, 0.29) is 11.9 Å². The van der Waals surface area contributed by atoms with E-state index < -0.39 is 6.10 Å². The quantitative estimate of drug-likeness (QED) is 0.499. The molecule has 1 aromatic carbocycles. The van der Waals surface area contributed by atoms with E-state index in [9.17, 15) is 9.90 Å². The van der Waals surface area contributed by atoms with E-state index >= 15 is 0 Å². The number of carbonyl (C=O) groups is 1. The van der Waals surface area contributed by atoms with Crippen LogP contribution in [0.5, 0.6) is 5.75 Å². The van der Waals surface area contributed by atoms with Crippen molar-refractivity contribution >= 4 is 17.2 Å². The van der Waals surface area contributed by atoms with Crippen LogP contribution in [-0.2, 0) is 11.3 Å². The molecule has 0 spiro atoms. The summed E-state index contributed by atoms with van der Waals surface area (Å²) in [6.45, 7) is 5.73. The van der Waals surface area contributed by atoms with Gasteiger partial charge in [-0.15, -0.1) is 11.3 Å². The number of benzene rings is 1. The van der Waals surface area contributed by atoms with Gasteiger partial charge in [-0.2, -0.15) is 0 Å². The van der Waals surface area contributed by atoms with Gasteiger partial charge in [0.15, 0.2) is 0 Å². The minimum absolute atomic E-state index is 0.0837. The van der Waals surface area contributed by atoms with Gasteiger partial charge < -0.3 is 25.8 Å². The molecule has 4 N–H and O–H groups in total. The monoisotopic (exact) mass is 444 g/mol. The molecule has 168 valence electrons. The van der Waals surface area contributed by atoms with Gasteiger partial charge in [-0.3, -0.25) is 4.79 Å². The molecule has 1 aromatic heterocycles. The van der Waals surface area contributed by atoms with Crippen molar-refractivity contribution in [2.75, 3.05) is 26.2 Å². The Morgan fingerprint density at radius 1 is 1.35 bits per heavy atom. The lowest BCUT2D eigenvalue weighted by Gasteiger charge is -2.23. The van der Waals surface area contributed by atoms with Gasteiger partial charge >= 0.3 is 0 Å². The number of β-amino-alcohol motifs (C(OH)–C–C–N with tert-alkyl or cyclic N) is 1. The molecule has 3 heterocycles. The number of aliphatic hydroxyl groups is 1. The standard InChI is InChI=1S/C23H32N4O3S/c1-15-22(31-14-27-15)17-2-3-18(12-26-23(29)20-11-19(28)13-25-20)21(10-17)30-9-6-16-4-7-24-8-5-16/h2-3,10,14,16,19-20,24-25,28H,4-9,11-13H2,1H3,(H,26,29). The van der Waals surface area contributed by atoms with Crippen LogP contribution in [0.3, 0.4) is 0 Å². The van der Waals surface area contributed by atoms with E-state index in [0.717, 1.165) is 47.0 Å². The summed E-state index contributed by atoms with van der Waals surface area (Å²) in [6, 6.07) is 5.84. The number of nitrogens with one attached hydrogen (secondary N) is 3. The molecule has 2 fully saturated rings. The van der Waals surface area contributed by atoms with Gasteiger partial charge in [0.2, 0.25) is 5.91 Å². The van der Waals surface area contributed by atoms with E-state index in [4.69, 9.17) is 4.74 Å². The SMILES string of the molecule is Cc1ncsc1-c1ccc(CNC(=O)C2CC(O)CN2)c(OCCC2CCNCC2)c1. The number of ether oxygens (including phenoxy) is 1. The third-order valence-electron chi connectivity index (χ3n) is 6.19. The highest BCUT2D eigenvalue weighted by Gasteiger charge is 2.28. The van der Waals surface area contributed by atoms with Crippen molar-refractivity contribution in [1.82, 2.24) is 20.9 Å². The van der Waals surface area contributed by atoms with Crippen LogP contribution in [0, 0.1) is 12.8 Å². The Morgan fingerprint density at radius 3 is 2.90 bits per heavy atom. The molecule has 2 unspecified atom stereocenters. The van der Waals surface area contributed by atoms with Gasteiger partial charge in [0.05, 0.1) is 34.8 Å². The summed E-state index contributed by atoms with van der Waals surface area (Å²) in [4.78, 5) is 18.0. The highest BCUT2D eigenvalue weighted by molar-refractivity contribution is 7.13. The second-order valence-corrected chi connectivity index (χ2v) is 9.34. The van der Waals surface area contributed by atoms with Gasteiger partial charge in [0.1, 0.15) is 5.75 Å². The maximum absolute atomic E-state index is 12.5. The van der Waals surface area contributed by atoms with Crippen molar-refractivity contribution in [1.29, 1.82) is 0 Å². The average molecular weight is 445 g/mol. The predicted octanol–water partition coefficient (Wildman–Crippen LogP) is 2.23. The number of piperidine rings is 1. The van der Waals surface area contributed by atoms with Gasteiger partial charge in [0, 0.05) is 18.7 Å². The topological polar surface area (TPSA) is 95.5 Å². The zero-order valence-corrected chi connectivity index (χ0v) is 18.8. The number of aliphatic hydroxyl groups excluding tert-OH is 1. The Labute approximate surface area is 187 Å². The van der Waals surface area contributed by atoms with Crippen molar-refractivity contribution in [3.8, 4) is 16.2 Å². The first kappa shape index (κ1) is 22.2. The number of amides is 1. The summed E-state index contributed by atoms with van der Waals surface area (Å²) in [6.07, 6.45) is 3.45. The molecule has 0 aliphatic carbocycles. The molecule has 2 atom stereocenters. The zero-order chi connectivity index (χ0) is 21.6. The summed E-state index contributed by atoms with van der Waals surface area (Å²) >= 11 is 1.62. The lowest BCUT2D eigenvalue weighted by atomic mass is 9.95. The van der Waals surface area contributed by atoms with Gasteiger partial charge in [-0.25, -0.2) is 4.98 Å². The van der Waals surface area contributed by atoms with Crippen LogP contribution in [0.15, 0.2) is 23.7 Å². The molecule has 2 aromatic rings. The maximum atomic E-state index is 12.5. The summed E-state index contributed by atoms with van der Waals surface area (Å²) in [5.74, 6) is 1.44. The Bertz CT molecular complexity index is 881. The number of nitrogens with zero attached hydrogens (tertiary/aromatic N) is 1. The fraction of sp³-hybridized carbons (Fsp3) is 0.565. The fourth-order valence-electron chi connectivity index (χ4n) is 4.28. The fourth-order valence-corrected chi connectivity index (χ4v) is 5.09. The lowest BCUT2D eigenvalue weighted by molar-refractivity contribution is -0.123. The largest absolute Gasteiger partial charge is 0.493 e. The number of carbonyl (C=O) groups excluding carboxylic acids is 1. The molecule has 8 heteroatoms. The molecule has 0 saturated carbocycles. The highest BCUT2D eigenvalue weighted by atomic mass is 32.1. The maximum Gasteiger partial charge on any atom is 0.237 e. The minimum Gasteiger partial charge on any atom is -0.493 e. The summed E-state index contributed by atoms with van der Waals surface area (Å²) < 4.78 is 6.25. The van der Waals surface area contributed by atoms with Crippen LogP contribution in [-0.4, -0.2) is 54.4 Å². The number of rotatable bonds is 8. The van der Waals surface area contributed by atoms with Crippen LogP contribution in [0.2, 0.25) is 0 Å². The van der Waals surface area contributed by atoms with Crippen LogP contribution in [0.4, 0.5) is 0 Å². The predicted molar refractivity (Wildman–Crippen MR) is 122 cm³/mol. The molecular weight excluding hydrogens is 412 g/mol. The highest BCUT2D eigenvalue weighted by Crippen LogP contribution is 2.32. The summed E-state index contributed by atoms with van der Waals surface area (Å²) in [7, 11) is 0. The second-order valence-electron chi connectivity index (χ2n) is 8.49. The summed E-state index contributed by atoms with van der Waals surface area (Å²) in [5.41, 5.74) is 4.92. The number of aryl methyl sites for hydroxylation is 1. The molecule has 31 heavy (non-hydrogen) atoms. The van der Waals surface area contributed by atoms with Crippen molar-refractivity contribution in [3.63, 3.8) is 0 Å². The van der Waals surface area contributed by atoms with E-state index in [0.29, 0.717) is 32.0 Å². The van der Waals surface area contributed by atoms with E-state index in [1.807, 2.05) is 18.5 Å². The van der Waals surface area contributed by atoms with Crippen LogP contribution in [0.1, 0.15) is 36.9 Å². The van der Waals surface area contributed by atoms with Crippen molar-refractivity contribution < 1.29 is 14.6 Å². The molecule has 2 aliphatic rings. The average Bonchev–Trinajstić information content (AvgIpc) is 3.41. The molecule has 1 amide bonds. The second kappa shape index (κ2) is 10.5. The number of aromatic nitrogens is 1. The van der Waals surface area contributed by atoms with Crippen LogP contribution < -0.4 is 20.7 Å². The minimum atomic E-state index is -0.452. The molecule has 2 aliphatic heterocycles. The third-order valence-corrected chi connectivity index (χ3v) is 7.17. The third kappa shape index (κ3) is 5.83. The van der Waals surface area contributed by atoms with Crippen molar-refractivity contribution in [2.24, 2.45) is 5.92 Å². The number of hydrogen-bond donors (Lipinski definition) is 4. The first-order chi connectivity index (χ1) is 15.1.